The van der Waals surface area contributed by atoms with Crippen LogP contribution in [0.3, 0.4) is 0 Å². The Labute approximate surface area is 77.2 Å². The Kier molecular flexibility index (Phi) is 6.15. The lowest BCUT2D eigenvalue weighted by atomic mass is 10.8. The first-order chi connectivity index (χ1) is 6.70. The van der Waals surface area contributed by atoms with E-state index in [0.29, 0.717) is 0 Å². The fourth-order valence-corrected chi connectivity index (χ4v) is 0.397. The fourth-order valence-electron chi connectivity index (χ4n) is 0.397. The van der Waals surface area contributed by atoms with Crippen LogP contribution in [0, 0.1) is 0 Å². The van der Waals surface area contributed by atoms with Gasteiger partial charge in [0.25, 0.3) is 0 Å². The summed E-state index contributed by atoms with van der Waals surface area (Å²) in [4.78, 5) is 44.9. The molecule has 0 saturated heterocycles. The summed E-state index contributed by atoms with van der Waals surface area (Å²) in [7, 11) is 0. The van der Waals surface area contributed by atoms with E-state index in [0.717, 1.165) is 12.2 Å². The van der Waals surface area contributed by atoms with Crippen molar-refractivity contribution in [2.75, 3.05) is 13.2 Å². The van der Waals surface area contributed by atoms with Gasteiger partial charge in [0.15, 0.2) is 0 Å². The van der Waals surface area contributed by atoms with Crippen LogP contribution >= 0.6 is 0 Å². The van der Waals surface area contributed by atoms with Gasteiger partial charge in [-0.2, -0.15) is 0 Å². The minimum atomic E-state index is -1.14. The van der Waals surface area contributed by atoms with Crippen molar-refractivity contribution in [1.82, 2.24) is 0 Å². The van der Waals surface area contributed by atoms with Gasteiger partial charge in [0.2, 0.25) is 12.2 Å². The van der Waals surface area contributed by atoms with Gasteiger partial charge < -0.3 is 9.47 Å². The number of carbonyl (C=O) groups excluding carboxylic acids is 4. The number of ether oxygens (including phenoxy) is 2. The van der Waals surface area contributed by atoms with E-state index in [1.54, 1.807) is 0 Å². The second-order valence-corrected chi connectivity index (χ2v) is 1.63. The highest BCUT2D eigenvalue weighted by Gasteiger charge is 2.01. The molecule has 0 aromatic carbocycles. The van der Waals surface area contributed by atoms with Crippen LogP contribution in [0.25, 0.3) is 0 Å². The maximum absolute atomic E-state index is 10.3. The number of nitrogens with zero attached hydrogens (tertiary/aromatic N) is 2. The molecule has 14 heavy (non-hydrogen) atoms. The molecule has 0 radical (unpaired) electrons. The summed E-state index contributed by atoms with van der Waals surface area (Å²) in [5.74, 6) is 0. The summed E-state index contributed by atoms with van der Waals surface area (Å²) in [5.41, 5.74) is 0. The Morgan fingerprint density at radius 1 is 0.929 bits per heavy atom. The summed E-state index contributed by atoms with van der Waals surface area (Å²) >= 11 is 0. The van der Waals surface area contributed by atoms with E-state index in [4.69, 9.17) is 0 Å². The van der Waals surface area contributed by atoms with Crippen LogP contribution in [-0.2, 0) is 19.1 Å². The smallest absolute Gasteiger partial charge is 0.444 e. The van der Waals surface area contributed by atoms with Gasteiger partial charge in [-0.05, 0) is 0 Å². The van der Waals surface area contributed by atoms with Gasteiger partial charge in [0, 0.05) is 0 Å². The number of hydrogen-bond donors (Lipinski definition) is 0. The first-order valence-corrected chi connectivity index (χ1v) is 3.20. The summed E-state index contributed by atoms with van der Waals surface area (Å²) in [5, 5.41) is 0. The van der Waals surface area contributed by atoms with Crippen molar-refractivity contribution in [3.05, 3.63) is 0 Å². The van der Waals surface area contributed by atoms with E-state index < -0.39 is 12.2 Å². The molecule has 0 aromatic heterocycles. The second kappa shape index (κ2) is 7.35. The van der Waals surface area contributed by atoms with Crippen LogP contribution in [0.5, 0.6) is 0 Å². The van der Waals surface area contributed by atoms with Crippen LogP contribution in [0.1, 0.15) is 0 Å². The number of isocyanates is 2. The molecule has 0 unspecified atom stereocenters. The highest BCUT2D eigenvalue weighted by molar-refractivity contribution is 5.74. The molecule has 0 heterocycles. The third kappa shape index (κ3) is 6.41. The molecule has 0 spiro atoms. The van der Waals surface area contributed by atoms with Crippen molar-refractivity contribution in [3.8, 4) is 0 Å². The first-order valence-electron chi connectivity index (χ1n) is 3.20. The van der Waals surface area contributed by atoms with Gasteiger partial charge in [0.05, 0.1) is 0 Å². The molecule has 0 aliphatic heterocycles. The monoisotopic (exact) mass is 200 g/mol. The zero-order valence-electron chi connectivity index (χ0n) is 6.76. The van der Waals surface area contributed by atoms with Gasteiger partial charge in [-0.25, -0.2) is 19.2 Å². The van der Waals surface area contributed by atoms with Crippen molar-refractivity contribution in [2.45, 2.75) is 0 Å². The maximum Gasteiger partial charge on any atom is 0.444 e. The molecule has 74 valence electrons. The lowest BCUT2D eigenvalue weighted by molar-refractivity contribution is 0.106. The Morgan fingerprint density at radius 3 is 1.57 bits per heavy atom. The minimum Gasteiger partial charge on any atom is -0.444 e. The molecule has 2 amide bonds. The molecule has 8 nitrogen and oxygen atoms in total. The molecule has 0 atom stereocenters. The first kappa shape index (κ1) is 11.7. The minimum absolute atomic E-state index is 0.301. The lowest BCUT2D eigenvalue weighted by Crippen LogP contribution is -2.09. The van der Waals surface area contributed by atoms with Gasteiger partial charge in [0.1, 0.15) is 13.2 Å². The second-order valence-electron chi connectivity index (χ2n) is 1.63. The average Bonchev–Trinajstić information content (AvgIpc) is 2.13. The van der Waals surface area contributed by atoms with E-state index in [9.17, 15) is 19.2 Å². The lowest BCUT2D eigenvalue weighted by Gasteiger charge is -1.99. The molecular weight excluding hydrogens is 196 g/mol. The SMILES string of the molecule is O=C=NC(=O)OCCOC(=O)N=C=O. The summed E-state index contributed by atoms with van der Waals surface area (Å²) in [6.07, 6.45) is -0.367. The van der Waals surface area contributed by atoms with Crippen LogP contribution in [0.2, 0.25) is 0 Å². The van der Waals surface area contributed by atoms with Crippen molar-refractivity contribution in [1.29, 1.82) is 0 Å². The van der Waals surface area contributed by atoms with Crippen molar-refractivity contribution >= 4 is 24.3 Å². The summed E-state index contributed by atoms with van der Waals surface area (Å²) < 4.78 is 8.45. The molecule has 0 aliphatic rings. The zero-order valence-corrected chi connectivity index (χ0v) is 6.76. The van der Waals surface area contributed by atoms with E-state index in [-0.39, 0.29) is 13.2 Å². The van der Waals surface area contributed by atoms with Crippen LogP contribution in [0.4, 0.5) is 9.59 Å². The number of rotatable bonds is 3. The van der Waals surface area contributed by atoms with Gasteiger partial charge in [-0.1, -0.05) is 9.98 Å². The summed E-state index contributed by atoms with van der Waals surface area (Å²) in [6, 6.07) is 0. The standard InChI is InChI=1S/C6H4N2O6/c9-3-7-5(11)13-1-2-14-6(12)8-4-10/h1-2H2. The van der Waals surface area contributed by atoms with Crippen LogP contribution in [-0.4, -0.2) is 37.6 Å². The topological polar surface area (TPSA) is 111 Å². The van der Waals surface area contributed by atoms with E-state index >= 15 is 0 Å². The number of amides is 2. The molecule has 0 rings (SSSR count). The predicted octanol–water partition coefficient (Wildman–Crippen LogP) is -0.0688. The highest BCUT2D eigenvalue weighted by Crippen LogP contribution is 1.85. The zero-order chi connectivity index (χ0) is 10.8. The van der Waals surface area contributed by atoms with Gasteiger partial charge in [-0.15, -0.1) is 0 Å². The normalized spacial score (nSPS) is 7.71. The van der Waals surface area contributed by atoms with Crippen LogP contribution < -0.4 is 0 Å². The summed E-state index contributed by atoms with van der Waals surface area (Å²) in [6.45, 7) is -0.603. The highest BCUT2D eigenvalue weighted by atomic mass is 16.6. The Bertz CT molecular complexity index is 280. The average molecular weight is 200 g/mol. The van der Waals surface area contributed by atoms with Gasteiger partial charge >= 0.3 is 12.2 Å². The van der Waals surface area contributed by atoms with Crippen molar-refractivity contribution in [3.63, 3.8) is 0 Å². The fraction of sp³-hybridized carbons (Fsp3) is 0.333. The Balaban J connectivity index is 3.56. The molecule has 0 aliphatic carbocycles. The third-order valence-electron chi connectivity index (χ3n) is 0.808. The number of aliphatic imine (C=N–C) groups is 2. The Hall–Kier alpha value is -2.30. The maximum atomic E-state index is 10.3. The quantitative estimate of drug-likeness (QED) is 0.358. The van der Waals surface area contributed by atoms with Crippen LogP contribution in [0.15, 0.2) is 9.98 Å². The van der Waals surface area contributed by atoms with Crippen molar-refractivity contribution < 1.29 is 28.7 Å². The van der Waals surface area contributed by atoms with E-state index in [1.165, 1.54) is 0 Å². The number of hydrogen-bond acceptors (Lipinski definition) is 6. The van der Waals surface area contributed by atoms with E-state index in [1.807, 2.05) is 0 Å². The largest absolute Gasteiger partial charge is 0.444 e. The molecule has 0 bridgehead atoms. The molecule has 0 aromatic rings. The molecule has 8 heteroatoms. The molecule has 0 fully saturated rings. The molecular formula is C6H4N2O6. The Morgan fingerprint density at radius 2 is 1.29 bits per heavy atom. The van der Waals surface area contributed by atoms with Gasteiger partial charge in [-0.3, -0.25) is 0 Å². The third-order valence-corrected chi connectivity index (χ3v) is 0.808. The van der Waals surface area contributed by atoms with E-state index in [2.05, 4.69) is 19.5 Å². The molecule has 0 N–H and O–H groups in total. The van der Waals surface area contributed by atoms with Crippen molar-refractivity contribution in [2.24, 2.45) is 9.98 Å². The number of carbonyl (C=O) groups is 2. The molecule has 0 saturated carbocycles. The predicted molar refractivity (Wildman–Crippen MR) is 38.9 cm³/mol.